The molecule has 0 fully saturated rings. The summed E-state index contributed by atoms with van der Waals surface area (Å²) in [6, 6.07) is 7.41. The van der Waals surface area contributed by atoms with Crippen LogP contribution < -0.4 is 27.6 Å². The van der Waals surface area contributed by atoms with E-state index in [4.69, 9.17) is 17.3 Å². The number of thiophene rings is 1. The van der Waals surface area contributed by atoms with Gasteiger partial charge in [-0.25, -0.2) is 5.84 Å². The summed E-state index contributed by atoms with van der Waals surface area (Å²) in [4.78, 5) is 11.8. The Balaban J connectivity index is 2.43. The molecule has 2 aromatic rings. The maximum atomic E-state index is 11.3. The van der Waals surface area contributed by atoms with E-state index >= 15 is 0 Å². The summed E-state index contributed by atoms with van der Waals surface area (Å²) < 4.78 is 0.951. The topological polar surface area (TPSA) is 110 Å². The Morgan fingerprint density at radius 1 is 1.45 bits per heavy atom. The van der Waals surface area contributed by atoms with Crippen molar-refractivity contribution < 1.29 is 4.79 Å². The lowest BCUT2D eigenvalue weighted by atomic mass is 10.2. The number of nitrogens with one attached hydrogen (secondary N) is 1. The largest absolute Gasteiger partial charge is 0.400 e. The fourth-order valence-electron chi connectivity index (χ4n) is 1.89. The minimum Gasteiger partial charge on any atom is -0.400 e. The van der Waals surface area contributed by atoms with Crippen LogP contribution in [0.2, 0.25) is 0 Å². The molecule has 1 heterocycles. The maximum absolute atomic E-state index is 11.3. The van der Waals surface area contributed by atoms with Crippen LogP contribution in [0.4, 0.5) is 5.69 Å². The van der Waals surface area contributed by atoms with Crippen LogP contribution in [0.15, 0.2) is 36.2 Å². The summed E-state index contributed by atoms with van der Waals surface area (Å²) in [5, 5.41) is 5.27. The van der Waals surface area contributed by atoms with Gasteiger partial charge in [-0.3, -0.25) is 9.80 Å². The molecule has 0 aliphatic heterocycles. The first-order valence-corrected chi connectivity index (χ1v) is 6.81. The quantitative estimate of drug-likeness (QED) is 0.479. The minimum atomic E-state index is -0.439. The van der Waals surface area contributed by atoms with Crippen molar-refractivity contribution in [1.82, 2.24) is 5.32 Å². The Labute approximate surface area is 120 Å². The monoisotopic (exact) mass is 291 g/mol. The van der Waals surface area contributed by atoms with Crippen molar-refractivity contribution >= 4 is 33.0 Å². The summed E-state index contributed by atoms with van der Waals surface area (Å²) in [5.41, 5.74) is 12.5. The van der Waals surface area contributed by atoms with Crippen molar-refractivity contribution in [1.29, 1.82) is 0 Å². The van der Waals surface area contributed by atoms with Crippen LogP contribution in [-0.2, 0) is 0 Å². The highest BCUT2D eigenvalue weighted by molar-refractivity contribution is 7.20. The molecule has 20 heavy (non-hydrogen) atoms. The second-order valence-corrected chi connectivity index (χ2v) is 5.39. The molecule has 7 heteroatoms. The second kappa shape index (κ2) is 5.91. The molecule has 1 aromatic heterocycles. The van der Waals surface area contributed by atoms with E-state index in [1.807, 2.05) is 18.2 Å². The van der Waals surface area contributed by atoms with Gasteiger partial charge in [-0.15, -0.1) is 11.3 Å². The third-order valence-corrected chi connectivity index (χ3v) is 3.86. The number of carbonyl (C=O) groups is 1. The summed E-state index contributed by atoms with van der Waals surface area (Å²) in [5.74, 6) is 5.58. The third kappa shape index (κ3) is 2.90. The van der Waals surface area contributed by atoms with Gasteiger partial charge in [0.05, 0.1) is 10.6 Å². The second-order valence-electron chi connectivity index (χ2n) is 4.31. The van der Waals surface area contributed by atoms with Crippen LogP contribution in [0, 0.1) is 0 Å². The molecule has 6 nitrogen and oxygen atoms in total. The normalized spacial score (nSPS) is 11.8. The fraction of sp³-hybridized carbons (Fsp3) is 0.154. The highest BCUT2D eigenvalue weighted by atomic mass is 32.1. The van der Waals surface area contributed by atoms with Crippen molar-refractivity contribution in [3.63, 3.8) is 0 Å². The number of hydrazine groups is 1. The molecule has 0 aliphatic rings. The summed E-state index contributed by atoms with van der Waals surface area (Å²) in [6.45, 7) is 0.542. The number of rotatable bonds is 5. The summed E-state index contributed by atoms with van der Waals surface area (Å²) >= 11 is 1.35. The van der Waals surface area contributed by atoms with Gasteiger partial charge < -0.3 is 16.8 Å². The van der Waals surface area contributed by atoms with Crippen LogP contribution >= 0.6 is 11.3 Å². The SMILES string of the molecule is CNC/C(N)=C/N(N)c1cccc2sc(C(N)=O)cc12. The number of nitrogens with zero attached hydrogens (tertiary/aromatic N) is 1. The molecule has 1 aromatic carbocycles. The minimum absolute atomic E-state index is 0.439. The van der Waals surface area contributed by atoms with E-state index in [9.17, 15) is 4.79 Å². The number of fused-ring (bicyclic) bond motifs is 1. The van der Waals surface area contributed by atoms with Crippen LogP contribution in [0.5, 0.6) is 0 Å². The van der Waals surface area contributed by atoms with Crippen LogP contribution in [-0.4, -0.2) is 19.5 Å². The first-order chi connectivity index (χ1) is 9.52. The zero-order valence-corrected chi connectivity index (χ0v) is 11.9. The summed E-state index contributed by atoms with van der Waals surface area (Å²) in [7, 11) is 1.81. The predicted octanol–water partition coefficient (Wildman–Crippen LogP) is 0.700. The van der Waals surface area contributed by atoms with Crippen molar-refractivity contribution in [3.8, 4) is 0 Å². The van der Waals surface area contributed by atoms with Crippen molar-refractivity contribution in [3.05, 3.63) is 41.0 Å². The molecule has 106 valence electrons. The van der Waals surface area contributed by atoms with Crippen molar-refractivity contribution in [2.24, 2.45) is 17.3 Å². The van der Waals surface area contributed by atoms with E-state index in [1.165, 1.54) is 16.3 Å². The Morgan fingerprint density at radius 3 is 2.85 bits per heavy atom. The van der Waals surface area contributed by atoms with E-state index in [2.05, 4.69) is 5.32 Å². The zero-order valence-electron chi connectivity index (χ0n) is 11.1. The lowest BCUT2D eigenvalue weighted by molar-refractivity contribution is 0.100. The molecular weight excluding hydrogens is 274 g/mol. The lowest BCUT2D eigenvalue weighted by Crippen LogP contribution is -2.28. The number of primary amides is 1. The van der Waals surface area contributed by atoms with E-state index in [1.54, 1.807) is 19.3 Å². The number of amides is 1. The van der Waals surface area contributed by atoms with Crippen molar-refractivity contribution in [2.75, 3.05) is 18.6 Å². The Morgan fingerprint density at radius 2 is 2.20 bits per heavy atom. The number of nitrogens with two attached hydrogens (primary N) is 3. The van der Waals surface area contributed by atoms with Crippen molar-refractivity contribution in [2.45, 2.75) is 0 Å². The standard InChI is InChI=1S/C13H17N5OS/c1-17-6-8(14)7-18(16)10-3-2-4-11-9(10)5-12(20-11)13(15)19/h2-5,7,17H,6,14,16H2,1H3,(H2,15,19)/b8-7-. The van der Waals surface area contributed by atoms with Gasteiger partial charge in [0.2, 0.25) is 0 Å². The average molecular weight is 291 g/mol. The van der Waals surface area contributed by atoms with E-state index in [0.717, 1.165) is 15.8 Å². The van der Waals surface area contributed by atoms with Gasteiger partial charge >= 0.3 is 0 Å². The van der Waals surface area contributed by atoms with E-state index < -0.39 is 5.91 Å². The first-order valence-electron chi connectivity index (χ1n) is 6.00. The number of benzene rings is 1. The van der Waals surface area contributed by atoms with Gasteiger partial charge in [-0.2, -0.15) is 0 Å². The number of anilines is 1. The number of hydrogen-bond acceptors (Lipinski definition) is 6. The molecule has 1 amide bonds. The van der Waals surface area contributed by atoms with Crippen LogP contribution in [0.3, 0.4) is 0 Å². The molecule has 0 aliphatic carbocycles. The van der Waals surface area contributed by atoms with Gasteiger partial charge in [0, 0.05) is 28.5 Å². The summed E-state index contributed by atoms with van der Waals surface area (Å²) in [6.07, 6.45) is 1.65. The molecule has 2 rings (SSSR count). The van der Waals surface area contributed by atoms with Gasteiger partial charge in [-0.05, 0) is 25.2 Å². The smallest absolute Gasteiger partial charge is 0.258 e. The lowest BCUT2D eigenvalue weighted by Gasteiger charge is -2.16. The number of carbonyl (C=O) groups excluding carboxylic acids is 1. The molecule has 0 unspecified atom stereocenters. The first kappa shape index (κ1) is 14.3. The Bertz CT molecular complexity index is 664. The maximum Gasteiger partial charge on any atom is 0.258 e. The highest BCUT2D eigenvalue weighted by Crippen LogP contribution is 2.32. The molecule has 0 saturated carbocycles. The predicted molar refractivity (Wildman–Crippen MR) is 83.2 cm³/mol. The average Bonchev–Trinajstić information content (AvgIpc) is 2.82. The molecule has 0 bridgehead atoms. The van der Waals surface area contributed by atoms with Gasteiger partial charge in [0.15, 0.2) is 0 Å². The van der Waals surface area contributed by atoms with Gasteiger partial charge in [0.1, 0.15) is 0 Å². The van der Waals surface area contributed by atoms with E-state index in [0.29, 0.717) is 17.1 Å². The van der Waals surface area contributed by atoms with Crippen LogP contribution in [0.1, 0.15) is 9.67 Å². The molecule has 0 saturated heterocycles. The highest BCUT2D eigenvalue weighted by Gasteiger charge is 2.11. The number of hydrogen-bond donors (Lipinski definition) is 4. The molecule has 0 spiro atoms. The Kier molecular flexibility index (Phi) is 4.23. The molecule has 0 radical (unpaired) electrons. The molecule has 7 N–H and O–H groups in total. The Hall–Kier alpha value is -2.09. The number of likely N-dealkylation sites (N-methyl/N-ethyl adjacent to an activating group) is 1. The molecular formula is C13H17N5OS. The van der Waals surface area contributed by atoms with Gasteiger partial charge in [-0.1, -0.05) is 6.07 Å². The zero-order chi connectivity index (χ0) is 14.7. The molecule has 0 atom stereocenters. The van der Waals surface area contributed by atoms with E-state index in [-0.39, 0.29) is 0 Å². The van der Waals surface area contributed by atoms with Gasteiger partial charge in [0.25, 0.3) is 5.91 Å². The third-order valence-electron chi connectivity index (χ3n) is 2.75. The van der Waals surface area contributed by atoms with Crippen LogP contribution in [0.25, 0.3) is 10.1 Å². The fourth-order valence-corrected chi connectivity index (χ4v) is 2.82.